The van der Waals surface area contributed by atoms with Crippen molar-refractivity contribution < 1.29 is 1.37 Å². The third-order valence-corrected chi connectivity index (χ3v) is 30.7. The topological polar surface area (TPSA) is 32.4 Å². The van der Waals surface area contributed by atoms with Gasteiger partial charge in [0.05, 0.1) is 46.5 Å². The van der Waals surface area contributed by atoms with Gasteiger partial charge < -0.3 is 49.0 Å². The zero-order valence-corrected chi connectivity index (χ0v) is 83.9. The van der Waals surface area contributed by atoms with Crippen molar-refractivity contribution in [2.75, 3.05) is 24.5 Å². The zero-order chi connectivity index (χ0) is 93.8. The first-order valence-corrected chi connectivity index (χ1v) is 48.9. The first kappa shape index (κ1) is 91.1. The van der Waals surface area contributed by atoms with Crippen LogP contribution in [0.15, 0.2) is 330 Å². The van der Waals surface area contributed by atoms with E-state index in [-0.39, 0.29) is 50.6 Å². The largest absolute Gasteiger partial charge is 0.343 e. The molecule has 0 spiro atoms. The number of aryl methyl sites for hydroxylation is 5. The molecule has 2 saturated carbocycles. The molecule has 2 aliphatic carbocycles. The van der Waals surface area contributed by atoms with Crippen molar-refractivity contribution in [3.63, 3.8) is 0 Å². The summed E-state index contributed by atoms with van der Waals surface area (Å²) >= 11 is 0. The third-order valence-electron chi connectivity index (χ3n) is 30.7. The van der Waals surface area contributed by atoms with E-state index in [0.717, 1.165) is 11.8 Å². The van der Waals surface area contributed by atoms with Gasteiger partial charge in [0.25, 0.3) is 0 Å². The molecule has 2 fully saturated rings. The molecule has 8 unspecified atom stereocenters. The molecule has 0 radical (unpaired) electrons. The van der Waals surface area contributed by atoms with Gasteiger partial charge in [0.1, 0.15) is 36.4 Å². The molecule has 10 aliphatic heterocycles. The number of nitrogens with zero attached hydrogens (tertiary/aromatic N) is 10. The Balaban J connectivity index is 0.000000121. The fourth-order valence-electron chi connectivity index (χ4n) is 24.3. The molecule has 0 bridgehead atoms. The lowest BCUT2D eigenvalue weighted by Gasteiger charge is -2.51. The van der Waals surface area contributed by atoms with E-state index in [9.17, 15) is 0 Å². The lowest BCUT2D eigenvalue weighted by atomic mass is 9.74. The Kier molecular flexibility index (Phi) is 24.8. The number of anilines is 5. The van der Waals surface area contributed by atoms with Gasteiger partial charge in [-0.3, -0.25) is 0 Å². The lowest BCUT2D eigenvalue weighted by Crippen LogP contribution is -2.58. The van der Waals surface area contributed by atoms with E-state index in [0.29, 0.717) is 18.5 Å². The van der Waals surface area contributed by atoms with E-state index < -0.39 is 11.6 Å². The lowest BCUT2D eigenvalue weighted by molar-refractivity contribution is 0.0418. The van der Waals surface area contributed by atoms with Gasteiger partial charge in [-0.1, -0.05) is 321 Å². The van der Waals surface area contributed by atoms with Crippen LogP contribution < -0.4 is 24.5 Å². The van der Waals surface area contributed by atoms with Crippen molar-refractivity contribution in [1.82, 2.24) is 24.5 Å². The molecular formula is C120H152N10. The number of hydrogen-bond donors (Lipinski definition) is 0. The van der Waals surface area contributed by atoms with Crippen LogP contribution in [0.2, 0.25) is 0 Å². The summed E-state index contributed by atoms with van der Waals surface area (Å²) in [6.07, 6.45) is 36.9. The van der Waals surface area contributed by atoms with Crippen LogP contribution in [0.25, 0.3) is 0 Å². The van der Waals surface area contributed by atoms with Crippen LogP contribution in [-0.4, -0.2) is 71.8 Å². The summed E-state index contributed by atoms with van der Waals surface area (Å²) in [6, 6.07) is 75.7. The summed E-state index contributed by atoms with van der Waals surface area (Å²) < 4.78 is 8.70. The molecule has 0 N–H and O–H groups in total. The van der Waals surface area contributed by atoms with Crippen LogP contribution in [0.4, 0.5) is 28.4 Å². The number of para-hydroxylation sites is 5. The minimum atomic E-state index is -0.689. The maximum absolute atomic E-state index is 8.70. The van der Waals surface area contributed by atoms with Crippen molar-refractivity contribution in [2.24, 2.45) is 33.5 Å². The Labute approximate surface area is 785 Å². The fraction of sp³-hybridized carbons (Fsp3) is 0.433. The average Bonchev–Trinajstić information content (AvgIpc) is 1.21. The summed E-state index contributed by atoms with van der Waals surface area (Å²) in [4.78, 5) is 25.7. The number of benzene rings is 8. The van der Waals surface area contributed by atoms with Gasteiger partial charge >= 0.3 is 0 Å². The summed E-state index contributed by atoms with van der Waals surface area (Å²) in [5.74, 6) is 1.53. The number of hydrogen-bond acceptors (Lipinski definition) is 10. The normalized spacial score (nSPS) is 25.4. The molecule has 8 atom stereocenters. The van der Waals surface area contributed by atoms with Gasteiger partial charge in [-0.25, -0.2) is 0 Å². The molecule has 130 heavy (non-hydrogen) atoms. The van der Waals surface area contributed by atoms with Crippen LogP contribution in [0.1, 0.15) is 262 Å². The smallest absolute Gasteiger partial charge is 0.134 e. The highest BCUT2D eigenvalue weighted by molar-refractivity contribution is 5.70. The van der Waals surface area contributed by atoms with Crippen molar-refractivity contribution in [3.8, 4) is 0 Å². The number of allylic oxidation sites excluding steroid dienone is 10. The number of rotatable bonds is 10. The van der Waals surface area contributed by atoms with Crippen molar-refractivity contribution in [1.29, 1.82) is 0 Å². The molecule has 0 saturated heterocycles. The van der Waals surface area contributed by atoms with Gasteiger partial charge in [0, 0.05) is 84.6 Å². The average molecular weight is 1740 g/mol. The molecule has 682 valence electrons. The van der Waals surface area contributed by atoms with Crippen LogP contribution in [0, 0.1) is 68.1 Å². The molecule has 8 aromatic rings. The Hall–Kier alpha value is -10.8. The van der Waals surface area contributed by atoms with E-state index in [4.69, 9.17) is 1.37 Å². The van der Waals surface area contributed by atoms with Crippen molar-refractivity contribution in [3.05, 3.63) is 375 Å². The summed E-state index contributed by atoms with van der Waals surface area (Å²) in [7, 11) is 0. The highest BCUT2D eigenvalue weighted by Crippen LogP contribution is 2.60. The molecule has 0 aromatic heterocycles. The molecule has 10 heteroatoms. The first-order valence-electron chi connectivity index (χ1n) is 49.4. The second-order valence-electron chi connectivity index (χ2n) is 44.5. The van der Waals surface area contributed by atoms with E-state index in [1.54, 1.807) is 0 Å². The molecular weight excluding hydrogens is 1580 g/mol. The second-order valence-corrected chi connectivity index (χ2v) is 44.5. The molecule has 0 amide bonds. The van der Waals surface area contributed by atoms with Crippen LogP contribution >= 0.6 is 0 Å². The Morgan fingerprint density at radius 2 is 0.577 bits per heavy atom. The summed E-state index contributed by atoms with van der Waals surface area (Å²) in [5.41, 5.74) is 30.7. The van der Waals surface area contributed by atoms with Crippen molar-refractivity contribution in [2.45, 2.75) is 304 Å². The SMILES string of the molecule is CC1=C2C=CC(C)(C)N2C(C(C)(C)C)N1c1ccccc1C.CC1=C2C=CC(C)(C3CCCC3)N2C(C(C)(C)C)N1c1ccccc1C.CC1=C2C=CC(C)(C3CCCCC3)N2C(C(C)(C)C)N1c1ccccc1C.CC1=C2C=CC(c3ccccc3)(c3ccccc3)N2C(c2ccccc2)N1c1ccccc1C.[2H]C1(C)C=CC2=C(C)N(c3ccccc3C)C(C(C)(C)C)N21. The van der Waals surface area contributed by atoms with E-state index in [1.165, 1.54) is 188 Å². The molecule has 12 aliphatic rings. The quantitative estimate of drug-likeness (QED) is 0.132. The summed E-state index contributed by atoms with van der Waals surface area (Å²) in [6.45, 7) is 62.1. The highest BCUT2D eigenvalue weighted by Gasteiger charge is 2.59. The number of fused-ring (bicyclic) bond motifs is 5. The Bertz CT molecular complexity index is 5710. The van der Waals surface area contributed by atoms with E-state index in [1.807, 2.05) is 13.0 Å². The minimum absolute atomic E-state index is 0.0210. The fourth-order valence-corrected chi connectivity index (χ4v) is 24.3. The standard InChI is InChI=1S/C32H28N2.C25H36N2.C24H34N2.C20H28N2.C19H26N2/c1-24-14-12-13-21-29(24)33-25(2)30-22-23-32(27-17-8-4-9-18-27,28-19-10-5-11-20-28)34(30)31(33)26-15-6-3-7-16-26;1-18-12-10-11-15-21(18)26-19(2)22-16-17-25(6,20-13-8-7-9-14-20)27(22)23(26)24(3,4)5;1-17-11-7-10-14-20(17)25-18(2)21-15-16-24(6,19-12-8-9-13-19)26(21)22(25)23(3,4)5;1-14-10-8-9-11-16(14)21-15(2)17-12-13-20(6,7)22(17)18(21)19(3,4)5;1-13-9-7-8-10-16(13)21-15(3)17-12-11-14(2)20(17)18(21)19(4,5)6/h3-23,31H,1-2H3;10-12,15-17,20,23H,7-9,13-14H2,1-6H3;7,10-11,14-16,19,22H,8-9,12-13H2,1-6H3;8-13,18H,1-7H3;7-12,14,18H,1-6H3/i;;;;14D. The molecule has 10 heterocycles. The van der Waals surface area contributed by atoms with Gasteiger partial charge in [0.15, 0.2) is 0 Å². The van der Waals surface area contributed by atoms with Gasteiger partial charge in [-0.05, 0) is 253 Å². The second kappa shape index (κ2) is 35.4. The summed E-state index contributed by atoms with van der Waals surface area (Å²) in [5, 5.41) is 0. The molecule has 20 rings (SSSR count). The Morgan fingerprint density at radius 1 is 0.292 bits per heavy atom. The van der Waals surface area contributed by atoms with Gasteiger partial charge in [-0.15, -0.1) is 0 Å². The molecule has 10 nitrogen and oxygen atoms in total. The van der Waals surface area contributed by atoms with Crippen LogP contribution in [0.3, 0.4) is 0 Å². The maximum atomic E-state index is 8.70. The predicted octanol–water partition coefficient (Wildman–Crippen LogP) is 30.2. The van der Waals surface area contributed by atoms with Gasteiger partial charge in [-0.2, -0.15) is 0 Å². The zero-order valence-electron chi connectivity index (χ0n) is 84.9. The van der Waals surface area contributed by atoms with Crippen molar-refractivity contribution >= 4 is 28.4 Å². The van der Waals surface area contributed by atoms with E-state index in [2.05, 4.69) is 496 Å². The van der Waals surface area contributed by atoms with Gasteiger partial charge in [0.2, 0.25) is 0 Å². The van der Waals surface area contributed by atoms with E-state index >= 15 is 0 Å². The van der Waals surface area contributed by atoms with Crippen LogP contribution in [-0.2, 0) is 5.54 Å². The molecule has 8 aromatic carbocycles. The van der Waals surface area contributed by atoms with Crippen LogP contribution in [0.5, 0.6) is 0 Å². The highest BCUT2D eigenvalue weighted by atomic mass is 15.5. The monoisotopic (exact) mass is 1730 g/mol. The predicted molar refractivity (Wildman–Crippen MR) is 551 cm³/mol. The first-order chi connectivity index (χ1) is 62.0. The third kappa shape index (κ3) is 16.2. The Morgan fingerprint density at radius 3 is 0.946 bits per heavy atom. The maximum Gasteiger partial charge on any atom is 0.134 e. The minimum Gasteiger partial charge on any atom is -0.343 e.